The Balaban J connectivity index is 1.93. The maximum atomic E-state index is 12.4. The lowest BCUT2D eigenvalue weighted by atomic mass is 10.0. The summed E-state index contributed by atoms with van der Waals surface area (Å²) in [6.07, 6.45) is 0.133. The van der Waals surface area contributed by atoms with Crippen LogP contribution in [0, 0.1) is 0 Å². The first-order valence-corrected chi connectivity index (χ1v) is 7.75. The average Bonchev–Trinajstić information content (AvgIpc) is 2.55. The van der Waals surface area contributed by atoms with Gasteiger partial charge in [-0.1, -0.05) is 28.1 Å². The Hall–Kier alpha value is -2.40. The summed E-state index contributed by atoms with van der Waals surface area (Å²) >= 11 is 3.36. The molecular weight excluding hydrogens is 360 g/mol. The van der Waals surface area contributed by atoms with Gasteiger partial charge in [0.15, 0.2) is 5.78 Å². The fourth-order valence-electron chi connectivity index (χ4n) is 2.31. The van der Waals surface area contributed by atoms with Crippen molar-refractivity contribution in [3.05, 3.63) is 74.6 Å². The second-order valence-electron chi connectivity index (χ2n) is 5.08. The van der Waals surface area contributed by atoms with Crippen LogP contribution in [-0.4, -0.2) is 12.9 Å². The van der Waals surface area contributed by atoms with Gasteiger partial charge in [0.1, 0.15) is 16.9 Å². The molecule has 23 heavy (non-hydrogen) atoms. The molecule has 0 aliphatic rings. The zero-order valence-electron chi connectivity index (χ0n) is 12.3. The van der Waals surface area contributed by atoms with Crippen molar-refractivity contribution in [2.75, 3.05) is 7.11 Å². The third-order valence-electron chi connectivity index (χ3n) is 3.52. The third-order valence-corrected chi connectivity index (χ3v) is 4.01. The van der Waals surface area contributed by atoms with Crippen molar-refractivity contribution in [2.45, 2.75) is 6.42 Å². The normalized spacial score (nSPS) is 10.7. The number of rotatable bonds is 4. The molecule has 0 bridgehead atoms. The van der Waals surface area contributed by atoms with Crippen LogP contribution in [-0.2, 0) is 6.42 Å². The summed E-state index contributed by atoms with van der Waals surface area (Å²) in [5, 5.41) is 0.706. The lowest BCUT2D eigenvalue weighted by molar-refractivity contribution is 0.0989. The van der Waals surface area contributed by atoms with E-state index in [9.17, 15) is 9.59 Å². The summed E-state index contributed by atoms with van der Waals surface area (Å²) in [5.74, 6) is 0.446. The molecule has 0 saturated heterocycles. The van der Waals surface area contributed by atoms with Gasteiger partial charge in [-0.3, -0.25) is 4.79 Å². The Kier molecular flexibility index (Phi) is 4.30. The molecule has 4 nitrogen and oxygen atoms in total. The second-order valence-corrected chi connectivity index (χ2v) is 5.99. The van der Waals surface area contributed by atoms with E-state index in [1.165, 1.54) is 0 Å². The van der Waals surface area contributed by atoms with Gasteiger partial charge in [-0.15, -0.1) is 0 Å². The monoisotopic (exact) mass is 372 g/mol. The van der Waals surface area contributed by atoms with Gasteiger partial charge in [-0.2, -0.15) is 0 Å². The summed E-state index contributed by atoms with van der Waals surface area (Å²) in [5.41, 5.74) is 0.716. The predicted octanol–water partition coefficient (Wildman–Crippen LogP) is 3.99. The van der Waals surface area contributed by atoms with E-state index in [1.807, 2.05) is 6.07 Å². The number of carbonyl (C=O) groups is 1. The van der Waals surface area contributed by atoms with E-state index in [0.29, 0.717) is 11.0 Å². The van der Waals surface area contributed by atoms with E-state index in [0.717, 1.165) is 15.8 Å². The lowest BCUT2D eigenvalue weighted by Crippen LogP contribution is -2.15. The van der Waals surface area contributed by atoms with Gasteiger partial charge in [-0.25, -0.2) is 4.79 Å². The topological polar surface area (TPSA) is 56.5 Å². The highest BCUT2D eigenvalue weighted by atomic mass is 79.9. The van der Waals surface area contributed by atoms with E-state index in [1.54, 1.807) is 49.6 Å². The number of carbonyl (C=O) groups excluding carboxylic acids is 1. The zero-order valence-corrected chi connectivity index (χ0v) is 13.9. The number of benzene rings is 2. The van der Waals surface area contributed by atoms with Crippen LogP contribution in [0.25, 0.3) is 11.0 Å². The molecule has 0 atom stereocenters. The Morgan fingerprint density at radius 1 is 1.13 bits per heavy atom. The summed E-state index contributed by atoms with van der Waals surface area (Å²) in [6, 6.07) is 14.0. The van der Waals surface area contributed by atoms with Crippen LogP contribution in [0.3, 0.4) is 0 Å². The molecule has 1 aromatic heterocycles. The smallest absolute Gasteiger partial charge is 0.347 e. The molecule has 2 aromatic carbocycles. The van der Waals surface area contributed by atoms with Gasteiger partial charge in [-0.05, 0) is 42.0 Å². The number of Topliss-reactive ketones (excluding diaryl/α,β-unsaturated/α-hetero) is 1. The molecule has 0 saturated carbocycles. The largest absolute Gasteiger partial charge is 0.497 e. The van der Waals surface area contributed by atoms with Crippen molar-refractivity contribution >= 4 is 32.7 Å². The van der Waals surface area contributed by atoms with Crippen LogP contribution in [0.15, 0.2) is 62.2 Å². The van der Waals surface area contributed by atoms with Crippen molar-refractivity contribution in [3.8, 4) is 5.75 Å². The highest BCUT2D eigenvalue weighted by Crippen LogP contribution is 2.20. The molecule has 5 heteroatoms. The fraction of sp³-hybridized carbons (Fsp3) is 0.111. The number of hydrogen-bond donors (Lipinski definition) is 0. The van der Waals surface area contributed by atoms with Crippen molar-refractivity contribution in [3.63, 3.8) is 0 Å². The maximum Gasteiger partial charge on any atom is 0.347 e. The first kappa shape index (κ1) is 15.5. The average molecular weight is 373 g/mol. The molecule has 116 valence electrons. The Labute approximate surface area is 140 Å². The van der Waals surface area contributed by atoms with Gasteiger partial charge in [0.2, 0.25) is 0 Å². The minimum absolute atomic E-state index is 0.0615. The lowest BCUT2D eigenvalue weighted by Gasteiger charge is -2.04. The molecule has 3 aromatic rings. The molecule has 1 heterocycles. The van der Waals surface area contributed by atoms with Crippen LogP contribution < -0.4 is 10.4 Å². The Morgan fingerprint density at radius 2 is 1.87 bits per heavy atom. The molecule has 0 unspecified atom stereocenters. The Morgan fingerprint density at radius 3 is 2.57 bits per heavy atom. The molecule has 0 N–H and O–H groups in total. The molecule has 0 aliphatic heterocycles. The van der Waals surface area contributed by atoms with Crippen LogP contribution in [0.2, 0.25) is 0 Å². The van der Waals surface area contributed by atoms with Gasteiger partial charge in [0.25, 0.3) is 0 Å². The summed E-state index contributed by atoms with van der Waals surface area (Å²) in [4.78, 5) is 24.4. The standard InChI is InChI=1S/C18H13BrO4/c1-22-14-5-2-11(3-6-14)8-16(20)15-10-12-9-13(19)4-7-17(12)23-18(15)21/h2-7,9-10H,8H2,1H3. The van der Waals surface area contributed by atoms with E-state index < -0.39 is 5.63 Å². The van der Waals surface area contributed by atoms with Crippen LogP contribution in [0.5, 0.6) is 5.75 Å². The molecule has 3 rings (SSSR count). The number of hydrogen-bond acceptors (Lipinski definition) is 4. The molecular formula is C18H13BrO4. The molecule has 0 spiro atoms. The quantitative estimate of drug-likeness (QED) is 0.513. The van der Waals surface area contributed by atoms with Crippen molar-refractivity contribution in [1.29, 1.82) is 0 Å². The summed E-state index contributed by atoms with van der Waals surface area (Å²) < 4.78 is 11.2. The van der Waals surface area contributed by atoms with Crippen LogP contribution >= 0.6 is 15.9 Å². The summed E-state index contributed by atoms with van der Waals surface area (Å²) in [6.45, 7) is 0. The molecule has 0 fully saturated rings. The van der Waals surface area contributed by atoms with Crippen molar-refractivity contribution < 1.29 is 13.9 Å². The third kappa shape index (κ3) is 3.35. The summed E-state index contributed by atoms with van der Waals surface area (Å²) in [7, 11) is 1.58. The number of ketones is 1. The van der Waals surface area contributed by atoms with E-state index in [4.69, 9.17) is 9.15 Å². The van der Waals surface area contributed by atoms with Gasteiger partial charge in [0, 0.05) is 16.3 Å². The highest BCUT2D eigenvalue weighted by Gasteiger charge is 2.14. The van der Waals surface area contributed by atoms with Crippen LogP contribution in [0.4, 0.5) is 0 Å². The zero-order chi connectivity index (χ0) is 16.4. The second kappa shape index (κ2) is 6.38. The predicted molar refractivity (Wildman–Crippen MR) is 91.2 cm³/mol. The van der Waals surface area contributed by atoms with E-state index >= 15 is 0 Å². The van der Waals surface area contributed by atoms with Gasteiger partial charge >= 0.3 is 5.63 Å². The number of ether oxygens (including phenoxy) is 1. The van der Waals surface area contributed by atoms with Crippen LogP contribution in [0.1, 0.15) is 15.9 Å². The Bertz CT molecular complexity index is 926. The first-order valence-electron chi connectivity index (χ1n) is 6.96. The minimum atomic E-state index is -0.613. The first-order chi connectivity index (χ1) is 11.1. The SMILES string of the molecule is COc1ccc(CC(=O)c2cc3cc(Br)ccc3oc2=O)cc1. The maximum absolute atomic E-state index is 12.4. The van der Waals surface area contributed by atoms with E-state index in [2.05, 4.69) is 15.9 Å². The molecule has 0 amide bonds. The fourth-order valence-corrected chi connectivity index (χ4v) is 2.69. The molecule has 0 radical (unpaired) electrons. The van der Waals surface area contributed by atoms with Gasteiger partial charge < -0.3 is 9.15 Å². The highest BCUT2D eigenvalue weighted by molar-refractivity contribution is 9.10. The van der Waals surface area contributed by atoms with Crippen molar-refractivity contribution in [2.24, 2.45) is 0 Å². The molecule has 0 aliphatic carbocycles. The van der Waals surface area contributed by atoms with Crippen molar-refractivity contribution in [1.82, 2.24) is 0 Å². The minimum Gasteiger partial charge on any atom is -0.497 e. The van der Waals surface area contributed by atoms with Gasteiger partial charge in [0.05, 0.1) is 7.11 Å². The number of fused-ring (bicyclic) bond motifs is 1. The number of halogens is 1. The number of methoxy groups -OCH3 is 1. The van der Waals surface area contributed by atoms with E-state index in [-0.39, 0.29) is 17.8 Å².